The molecule has 0 spiro atoms. The average Bonchev–Trinajstić information content (AvgIpc) is 3.53. The van der Waals surface area contributed by atoms with E-state index in [4.69, 9.17) is 13.0 Å². The van der Waals surface area contributed by atoms with Gasteiger partial charge in [-0.05, 0) is 49.4 Å². The average molecular weight is 461 g/mol. The van der Waals surface area contributed by atoms with Gasteiger partial charge in [0.25, 0.3) is 0 Å². The van der Waals surface area contributed by atoms with Gasteiger partial charge in [-0.1, -0.05) is 13.4 Å². The molecular formula is C25H27B2N8. The summed E-state index contributed by atoms with van der Waals surface area (Å²) in [4.78, 5) is 16.0. The van der Waals surface area contributed by atoms with Crippen LogP contribution >= 0.6 is 0 Å². The highest BCUT2D eigenvalue weighted by Crippen LogP contribution is 2.32. The number of hydrogen-bond acceptors (Lipinski definition) is 7. The third-order valence-electron chi connectivity index (χ3n) is 6.48. The van der Waals surface area contributed by atoms with E-state index in [0.717, 1.165) is 64.3 Å². The fourth-order valence-corrected chi connectivity index (χ4v) is 4.44. The Hall–Kier alpha value is -3.81. The summed E-state index contributed by atoms with van der Waals surface area (Å²) in [7, 11) is 8.01. The molecule has 1 N–H and O–H groups in total. The summed E-state index contributed by atoms with van der Waals surface area (Å²) in [5.74, 6) is 1.36. The molecule has 10 heteroatoms. The minimum absolute atomic E-state index is 0.339. The smallest absolute Gasteiger partial charge is 0.228 e. The maximum Gasteiger partial charge on any atom is 0.228 e. The monoisotopic (exact) mass is 461 g/mol. The lowest BCUT2D eigenvalue weighted by Gasteiger charge is -2.20. The number of aromatic nitrogens is 5. The first-order valence-electron chi connectivity index (χ1n) is 11.7. The molecule has 0 aromatic carbocycles. The SMILES string of the molecule is [B]N([B]C)c1nc(-c2cnccc2C)cc2cc(Nc3cnn(C4CCN(C(=C)C)C4)c3)ncc12. The molecule has 5 heterocycles. The van der Waals surface area contributed by atoms with Crippen LogP contribution in [0.5, 0.6) is 0 Å². The van der Waals surface area contributed by atoms with Crippen molar-refractivity contribution in [3.63, 3.8) is 0 Å². The quantitative estimate of drug-likeness (QED) is 0.412. The van der Waals surface area contributed by atoms with Gasteiger partial charge in [-0.15, -0.1) is 0 Å². The second-order valence-electron chi connectivity index (χ2n) is 8.94. The third kappa shape index (κ3) is 4.60. The van der Waals surface area contributed by atoms with E-state index in [0.29, 0.717) is 11.9 Å². The number of allylic oxidation sites excluding steroid dienone is 1. The van der Waals surface area contributed by atoms with E-state index in [1.807, 2.05) is 62.1 Å². The fraction of sp³-hybridized carbons (Fsp3) is 0.280. The van der Waals surface area contributed by atoms with Crippen LogP contribution in [0.25, 0.3) is 22.0 Å². The van der Waals surface area contributed by atoms with Gasteiger partial charge in [0.1, 0.15) is 11.6 Å². The van der Waals surface area contributed by atoms with E-state index >= 15 is 0 Å². The lowest BCUT2D eigenvalue weighted by Crippen LogP contribution is -2.23. The molecule has 3 radical (unpaired) electrons. The van der Waals surface area contributed by atoms with Crippen molar-refractivity contribution in [2.45, 2.75) is 33.1 Å². The molecule has 35 heavy (non-hydrogen) atoms. The van der Waals surface area contributed by atoms with Gasteiger partial charge in [0.05, 0.1) is 23.6 Å². The molecule has 0 saturated carbocycles. The van der Waals surface area contributed by atoms with Crippen molar-refractivity contribution < 1.29 is 0 Å². The van der Waals surface area contributed by atoms with E-state index in [1.54, 1.807) is 19.8 Å². The Morgan fingerprint density at radius 2 is 2.14 bits per heavy atom. The van der Waals surface area contributed by atoms with E-state index in [2.05, 4.69) is 31.9 Å². The molecule has 0 amide bonds. The van der Waals surface area contributed by atoms with Crippen molar-refractivity contribution in [2.24, 2.45) is 0 Å². The van der Waals surface area contributed by atoms with Crippen LogP contribution in [-0.4, -0.2) is 58.1 Å². The van der Waals surface area contributed by atoms with Crippen LogP contribution < -0.4 is 10.0 Å². The van der Waals surface area contributed by atoms with Crippen LogP contribution in [-0.2, 0) is 0 Å². The molecule has 1 atom stereocenters. The highest BCUT2D eigenvalue weighted by molar-refractivity contribution is 6.54. The Morgan fingerprint density at radius 1 is 1.29 bits per heavy atom. The topological polar surface area (TPSA) is 75.0 Å². The van der Waals surface area contributed by atoms with Crippen LogP contribution in [0.3, 0.4) is 0 Å². The molecule has 0 bridgehead atoms. The zero-order valence-electron chi connectivity index (χ0n) is 20.3. The predicted molar refractivity (Wildman–Crippen MR) is 143 cm³/mol. The van der Waals surface area contributed by atoms with Gasteiger partial charge in [-0.25, -0.2) is 9.97 Å². The number of aryl methyl sites for hydroxylation is 1. The Kier molecular flexibility index (Phi) is 6.19. The van der Waals surface area contributed by atoms with E-state index in [9.17, 15) is 0 Å². The van der Waals surface area contributed by atoms with Crippen LogP contribution in [0, 0.1) is 6.92 Å². The second kappa shape index (κ2) is 9.44. The van der Waals surface area contributed by atoms with Crippen molar-refractivity contribution in [1.82, 2.24) is 29.6 Å². The minimum Gasteiger partial charge on any atom is -0.458 e. The summed E-state index contributed by atoms with van der Waals surface area (Å²) in [5, 5.41) is 9.82. The molecule has 1 unspecified atom stereocenters. The maximum absolute atomic E-state index is 6.23. The van der Waals surface area contributed by atoms with Crippen LogP contribution in [0.2, 0.25) is 6.82 Å². The number of nitrogens with one attached hydrogen (secondary N) is 1. The lowest BCUT2D eigenvalue weighted by molar-refractivity contribution is 0.391. The molecule has 0 aliphatic carbocycles. The summed E-state index contributed by atoms with van der Waals surface area (Å²) >= 11 is 0. The highest BCUT2D eigenvalue weighted by Gasteiger charge is 2.24. The zero-order chi connectivity index (χ0) is 24.5. The van der Waals surface area contributed by atoms with Gasteiger partial charge in [0, 0.05) is 54.5 Å². The van der Waals surface area contributed by atoms with Crippen LogP contribution in [0.15, 0.2) is 61.5 Å². The van der Waals surface area contributed by atoms with Gasteiger partial charge in [0.2, 0.25) is 15.4 Å². The summed E-state index contributed by atoms with van der Waals surface area (Å²) in [6, 6.07) is 6.37. The molecule has 1 aliphatic heterocycles. The summed E-state index contributed by atoms with van der Waals surface area (Å²) < 4.78 is 3.55. The molecule has 1 saturated heterocycles. The molecule has 173 valence electrons. The maximum atomic E-state index is 6.23. The molecule has 8 nitrogen and oxygen atoms in total. The van der Waals surface area contributed by atoms with Gasteiger partial charge in [-0.3, -0.25) is 9.67 Å². The van der Waals surface area contributed by atoms with Crippen molar-refractivity contribution in [3.05, 3.63) is 67.0 Å². The number of nitrogens with zero attached hydrogens (tertiary/aromatic N) is 7. The molecule has 4 aromatic rings. The number of likely N-dealkylation sites (tertiary alicyclic amines) is 1. The number of hydrogen-bond donors (Lipinski definition) is 1. The van der Waals surface area contributed by atoms with Crippen molar-refractivity contribution >= 4 is 43.5 Å². The zero-order valence-corrected chi connectivity index (χ0v) is 20.3. The molecular weight excluding hydrogens is 434 g/mol. The summed E-state index contributed by atoms with van der Waals surface area (Å²) in [5.41, 5.74) is 4.87. The largest absolute Gasteiger partial charge is 0.458 e. The van der Waals surface area contributed by atoms with Crippen LogP contribution in [0.1, 0.15) is 24.9 Å². The van der Waals surface area contributed by atoms with E-state index in [1.165, 1.54) is 4.72 Å². The van der Waals surface area contributed by atoms with Crippen molar-refractivity contribution in [1.29, 1.82) is 0 Å². The normalized spacial score (nSPS) is 15.4. The van der Waals surface area contributed by atoms with Gasteiger partial charge in [-0.2, -0.15) is 5.10 Å². The van der Waals surface area contributed by atoms with Gasteiger partial charge in [0.15, 0.2) is 0 Å². The Bertz CT molecular complexity index is 1390. The lowest BCUT2D eigenvalue weighted by atomic mass is 9.90. The highest BCUT2D eigenvalue weighted by atomic mass is 15.3. The van der Waals surface area contributed by atoms with Crippen molar-refractivity contribution in [2.75, 3.05) is 23.1 Å². The van der Waals surface area contributed by atoms with Gasteiger partial charge < -0.3 is 14.9 Å². The molecule has 1 aliphatic rings. The first kappa shape index (κ1) is 23.0. The summed E-state index contributed by atoms with van der Waals surface area (Å²) in [6.45, 7) is 12.0. The van der Waals surface area contributed by atoms with E-state index in [-0.39, 0.29) is 0 Å². The fourth-order valence-electron chi connectivity index (χ4n) is 4.44. The Balaban J connectivity index is 1.46. The standard InChI is InChI=1S/C25H27B2N8/c1-16(2)33-8-6-20(15-33)34-14-19(11-30-34)31-24-10-18-9-23(21-12-28-7-5-17(21)3)32-25(35(26)27-4)22(18)13-29-24/h5,7,9-14,20H,1,6,8,15H2,2-4H3,(H,29,31). The Labute approximate surface area is 207 Å². The number of rotatable bonds is 7. The number of anilines is 3. The first-order chi connectivity index (χ1) is 16.9. The second-order valence-corrected chi connectivity index (χ2v) is 8.94. The molecule has 1 fully saturated rings. The number of pyridine rings is 3. The molecule has 4 aromatic heterocycles. The van der Waals surface area contributed by atoms with E-state index < -0.39 is 0 Å². The van der Waals surface area contributed by atoms with Gasteiger partial charge >= 0.3 is 0 Å². The molecule has 5 rings (SSSR count). The minimum atomic E-state index is 0.339. The van der Waals surface area contributed by atoms with Crippen LogP contribution in [0.4, 0.5) is 17.3 Å². The first-order valence-corrected chi connectivity index (χ1v) is 11.7. The number of fused-ring (bicyclic) bond motifs is 1. The Morgan fingerprint density at radius 3 is 2.89 bits per heavy atom. The summed E-state index contributed by atoms with van der Waals surface area (Å²) in [6.07, 6.45) is 10.3. The third-order valence-corrected chi connectivity index (χ3v) is 6.48. The predicted octanol–water partition coefficient (Wildman–Crippen LogP) is 4.28. The van der Waals surface area contributed by atoms with Crippen molar-refractivity contribution in [3.8, 4) is 11.3 Å².